The lowest BCUT2D eigenvalue weighted by Gasteiger charge is -2.35. The summed E-state index contributed by atoms with van der Waals surface area (Å²) in [4.78, 5) is 0. The van der Waals surface area contributed by atoms with Gasteiger partial charge in [-0.15, -0.1) is 0 Å². The molecule has 2 nitrogen and oxygen atoms in total. The molecule has 0 radical (unpaired) electrons. The Morgan fingerprint density at radius 1 is 0.742 bits per heavy atom. The standard InChI is InChI=1S/C28H32O2Si/c1-31(2,3)27-26(30-27)21-13-14-22-29-28(23-15-7-4-8-16-23,24-17-9-5-10-18-24)25-19-11-6-12-20-25/h4-20,26-27H,21-22H2,1-3H3/b14-13-. The van der Waals surface area contributed by atoms with Crippen molar-refractivity contribution < 1.29 is 9.47 Å². The molecule has 1 fully saturated rings. The van der Waals surface area contributed by atoms with Crippen molar-refractivity contribution in [2.75, 3.05) is 6.61 Å². The molecular weight excluding hydrogens is 396 g/mol. The van der Waals surface area contributed by atoms with Crippen molar-refractivity contribution in [2.24, 2.45) is 0 Å². The van der Waals surface area contributed by atoms with Crippen LogP contribution >= 0.6 is 0 Å². The minimum atomic E-state index is -1.20. The van der Waals surface area contributed by atoms with E-state index >= 15 is 0 Å². The zero-order valence-corrected chi connectivity index (χ0v) is 19.7. The van der Waals surface area contributed by atoms with Crippen molar-refractivity contribution in [1.29, 1.82) is 0 Å². The van der Waals surface area contributed by atoms with Gasteiger partial charge in [-0.3, -0.25) is 0 Å². The molecule has 0 spiro atoms. The Hall–Kier alpha value is -2.46. The minimum Gasteiger partial charge on any atom is -0.373 e. The highest BCUT2D eigenvalue weighted by molar-refractivity contribution is 6.78. The van der Waals surface area contributed by atoms with Crippen LogP contribution in [0.25, 0.3) is 0 Å². The summed E-state index contributed by atoms with van der Waals surface area (Å²) in [6.45, 7) is 7.65. The third-order valence-corrected chi connectivity index (χ3v) is 8.12. The fourth-order valence-corrected chi connectivity index (χ4v) is 6.16. The lowest BCUT2D eigenvalue weighted by atomic mass is 9.80. The number of hydrogen-bond donors (Lipinski definition) is 0. The maximum atomic E-state index is 6.77. The van der Waals surface area contributed by atoms with Crippen LogP contribution in [0.2, 0.25) is 19.6 Å². The van der Waals surface area contributed by atoms with E-state index in [0.29, 0.717) is 18.4 Å². The van der Waals surface area contributed by atoms with Crippen molar-refractivity contribution in [3.8, 4) is 0 Å². The van der Waals surface area contributed by atoms with Gasteiger partial charge in [0.05, 0.1) is 26.5 Å². The predicted octanol–water partition coefficient (Wildman–Crippen LogP) is 6.59. The van der Waals surface area contributed by atoms with Crippen LogP contribution in [-0.4, -0.2) is 26.5 Å². The molecule has 3 aromatic carbocycles. The lowest BCUT2D eigenvalue weighted by Crippen LogP contribution is -2.33. The molecule has 0 amide bonds. The molecule has 31 heavy (non-hydrogen) atoms. The molecule has 0 aliphatic carbocycles. The van der Waals surface area contributed by atoms with Crippen LogP contribution in [-0.2, 0) is 15.1 Å². The second-order valence-corrected chi connectivity index (χ2v) is 14.6. The predicted molar refractivity (Wildman–Crippen MR) is 131 cm³/mol. The molecule has 1 saturated heterocycles. The van der Waals surface area contributed by atoms with Crippen molar-refractivity contribution in [1.82, 2.24) is 0 Å². The zero-order valence-electron chi connectivity index (χ0n) is 18.7. The second kappa shape index (κ2) is 9.35. The molecule has 0 aromatic heterocycles. The summed E-state index contributed by atoms with van der Waals surface area (Å²) in [6.07, 6.45) is 5.72. The van der Waals surface area contributed by atoms with Gasteiger partial charge in [-0.1, -0.05) is 123 Å². The Morgan fingerprint density at radius 2 is 1.19 bits per heavy atom. The molecular formula is C28H32O2Si. The second-order valence-electron chi connectivity index (χ2n) is 9.26. The van der Waals surface area contributed by atoms with E-state index in [-0.39, 0.29) is 0 Å². The van der Waals surface area contributed by atoms with Crippen LogP contribution < -0.4 is 0 Å². The van der Waals surface area contributed by atoms with Crippen molar-refractivity contribution >= 4 is 8.07 Å². The summed E-state index contributed by atoms with van der Waals surface area (Å²) >= 11 is 0. The van der Waals surface area contributed by atoms with E-state index in [9.17, 15) is 0 Å². The van der Waals surface area contributed by atoms with Gasteiger partial charge in [0.25, 0.3) is 0 Å². The number of benzene rings is 3. The molecule has 160 valence electrons. The van der Waals surface area contributed by atoms with Crippen LogP contribution in [0.3, 0.4) is 0 Å². The van der Waals surface area contributed by atoms with Gasteiger partial charge < -0.3 is 9.47 Å². The first-order valence-corrected chi connectivity index (χ1v) is 14.7. The molecule has 2 atom stereocenters. The molecule has 1 aliphatic heterocycles. The largest absolute Gasteiger partial charge is 0.373 e. The van der Waals surface area contributed by atoms with Gasteiger partial charge in [0.1, 0.15) is 5.60 Å². The van der Waals surface area contributed by atoms with Gasteiger partial charge in [-0.05, 0) is 23.1 Å². The molecule has 1 aliphatic rings. The zero-order chi connectivity index (χ0) is 21.7. The summed E-state index contributed by atoms with van der Waals surface area (Å²) in [5.41, 5.74) is 3.22. The first-order valence-electron chi connectivity index (χ1n) is 11.1. The van der Waals surface area contributed by atoms with Crippen molar-refractivity contribution in [3.63, 3.8) is 0 Å². The summed E-state index contributed by atoms with van der Waals surface area (Å²) in [6, 6.07) is 31.5. The molecule has 3 aromatic rings. The molecule has 1 heterocycles. The quantitative estimate of drug-likeness (QED) is 0.166. The summed E-state index contributed by atoms with van der Waals surface area (Å²) < 4.78 is 12.7. The van der Waals surface area contributed by atoms with Gasteiger partial charge in [0, 0.05) is 0 Å². The normalized spacial score (nSPS) is 18.9. The maximum absolute atomic E-state index is 6.77. The minimum absolute atomic E-state index is 0.394. The van der Waals surface area contributed by atoms with Crippen molar-refractivity contribution in [2.45, 2.75) is 43.5 Å². The summed E-state index contributed by atoms with van der Waals surface area (Å²) in [7, 11) is -1.20. The number of rotatable bonds is 9. The number of ether oxygens (including phenoxy) is 2. The Labute approximate surface area is 187 Å². The first kappa shape index (κ1) is 21.8. The van der Waals surface area contributed by atoms with E-state index in [4.69, 9.17) is 9.47 Å². The van der Waals surface area contributed by atoms with Gasteiger partial charge in [-0.2, -0.15) is 0 Å². The Balaban J connectivity index is 1.60. The van der Waals surface area contributed by atoms with Gasteiger partial charge in [-0.25, -0.2) is 0 Å². The van der Waals surface area contributed by atoms with Crippen LogP contribution in [0, 0.1) is 0 Å². The number of epoxide rings is 1. The third kappa shape index (κ3) is 4.90. The summed E-state index contributed by atoms with van der Waals surface area (Å²) in [5.74, 6) is 0. The van der Waals surface area contributed by atoms with E-state index in [1.165, 1.54) is 0 Å². The summed E-state index contributed by atoms with van der Waals surface area (Å²) in [5, 5.41) is 0. The van der Waals surface area contributed by atoms with Crippen LogP contribution in [0.1, 0.15) is 23.1 Å². The molecule has 4 rings (SSSR count). The lowest BCUT2D eigenvalue weighted by molar-refractivity contribution is 0.0319. The molecule has 3 heteroatoms. The average Bonchev–Trinajstić information content (AvgIpc) is 3.59. The fourth-order valence-electron chi connectivity index (χ4n) is 4.32. The highest BCUT2D eigenvalue weighted by Gasteiger charge is 2.47. The third-order valence-electron chi connectivity index (χ3n) is 5.91. The van der Waals surface area contributed by atoms with Gasteiger partial charge in [0.2, 0.25) is 0 Å². The molecule has 2 unspecified atom stereocenters. The van der Waals surface area contributed by atoms with E-state index in [1.54, 1.807) is 0 Å². The van der Waals surface area contributed by atoms with Gasteiger partial charge in [0.15, 0.2) is 0 Å². The smallest absolute Gasteiger partial charge is 0.144 e. The first-order chi connectivity index (χ1) is 15.0. The average molecular weight is 429 g/mol. The Morgan fingerprint density at radius 3 is 1.58 bits per heavy atom. The van der Waals surface area contributed by atoms with Gasteiger partial charge >= 0.3 is 0 Å². The van der Waals surface area contributed by atoms with E-state index in [0.717, 1.165) is 23.1 Å². The van der Waals surface area contributed by atoms with Crippen molar-refractivity contribution in [3.05, 3.63) is 120 Å². The number of hydrogen-bond acceptors (Lipinski definition) is 2. The van der Waals surface area contributed by atoms with E-state index in [2.05, 4.69) is 123 Å². The van der Waals surface area contributed by atoms with Crippen LogP contribution in [0.5, 0.6) is 0 Å². The Kier molecular flexibility index (Phi) is 6.56. The fraction of sp³-hybridized carbons (Fsp3) is 0.286. The van der Waals surface area contributed by atoms with Crippen LogP contribution in [0.15, 0.2) is 103 Å². The molecule has 0 saturated carbocycles. The highest BCUT2D eigenvalue weighted by Crippen LogP contribution is 2.40. The maximum Gasteiger partial charge on any atom is 0.144 e. The van der Waals surface area contributed by atoms with Crippen LogP contribution in [0.4, 0.5) is 0 Å². The van der Waals surface area contributed by atoms with E-state index < -0.39 is 13.7 Å². The molecule has 0 bridgehead atoms. The SMILES string of the molecule is C[Si](C)(C)C1OC1C/C=C\COC(c1ccccc1)(c1ccccc1)c1ccccc1. The molecule has 0 N–H and O–H groups in total. The monoisotopic (exact) mass is 428 g/mol. The highest BCUT2D eigenvalue weighted by atomic mass is 28.3. The van der Waals surface area contributed by atoms with E-state index in [1.807, 2.05) is 0 Å². The topological polar surface area (TPSA) is 21.8 Å². The Bertz CT molecular complexity index is 881.